The predicted octanol–water partition coefficient (Wildman–Crippen LogP) is 8.40. The van der Waals surface area contributed by atoms with Crippen LogP contribution in [0.5, 0.6) is 0 Å². The molecule has 1 unspecified atom stereocenters. The minimum atomic E-state index is -4.46. The summed E-state index contributed by atoms with van der Waals surface area (Å²) in [6, 6.07) is 13.5. The van der Waals surface area contributed by atoms with E-state index in [1.807, 2.05) is 31.3 Å². The number of hydrogen-bond acceptors (Lipinski definition) is 4. The van der Waals surface area contributed by atoms with E-state index in [1.165, 1.54) is 24.4 Å². The molecule has 0 radical (unpaired) electrons. The topological polar surface area (TPSA) is 58.1 Å². The fraction of sp³-hybridized carbons (Fsp3) is 0.207. The first-order valence-corrected chi connectivity index (χ1v) is 13.8. The highest BCUT2D eigenvalue weighted by atomic mass is 79.9. The minimum absolute atomic E-state index is 0.112. The Morgan fingerprint density at radius 1 is 0.975 bits per heavy atom. The molecule has 1 aliphatic heterocycles. The molecule has 0 saturated carbocycles. The van der Waals surface area contributed by atoms with Crippen LogP contribution < -0.4 is 10.2 Å². The Morgan fingerprint density at radius 2 is 1.70 bits per heavy atom. The van der Waals surface area contributed by atoms with Gasteiger partial charge in [-0.05, 0) is 98.8 Å². The summed E-state index contributed by atoms with van der Waals surface area (Å²) in [7, 11) is 0. The maximum atomic E-state index is 13.0. The molecule has 2 aromatic heterocycles. The van der Waals surface area contributed by atoms with Crippen LogP contribution in [0.1, 0.15) is 39.4 Å². The van der Waals surface area contributed by atoms with Gasteiger partial charge < -0.3 is 10.2 Å². The van der Waals surface area contributed by atoms with Gasteiger partial charge >= 0.3 is 6.18 Å². The highest BCUT2D eigenvalue weighted by molar-refractivity contribution is 9.10. The Morgan fingerprint density at radius 3 is 2.35 bits per heavy atom. The van der Waals surface area contributed by atoms with Crippen molar-refractivity contribution in [3.8, 4) is 0 Å². The molecule has 0 bridgehead atoms. The molecule has 1 amide bonds. The molecule has 1 N–H and O–H groups in total. The number of aryl methyl sites for hydroxylation is 1. The van der Waals surface area contributed by atoms with Gasteiger partial charge in [-0.3, -0.25) is 14.8 Å². The first-order valence-electron chi connectivity index (χ1n) is 12.2. The SMILES string of the molecule is Cc1ccc(C(=O)Nc2cccc(C(F)(F)F)c2)cc1C1CCN(c2cncc(Br)c2)C1.Fc1cncc(Br)c1. The maximum Gasteiger partial charge on any atom is 0.416 e. The van der Waals surface area contributed by atoms with Gasteiger partial charge in [0.05, 0.1) is 23.6 Å². The van der Waals surface area contributed by atoms with Gasteiger partial charge in [0, 0.05) is 51.6 Å². The molecule has 4 aromatic rings. The lowest BCUT2D eigenvalue weighted by atomic mass is 9.92. The van der Waals surface area contributed by atoms with Crippen molar-refractivity contribution in [1.29, 1.82) is 0 Å². The Hall–Kier alpha value is -3.31. The third-order valence-electron chi connectivity index (χ3n) is 6.34. The quantitative estimate of drug-likeness (QED) is 0.220. The van der Waals surface area contributed by atoms with Gasteiger partial charge in [0.15, 0.2) is 0 Å². The fourth-order valence-corrected chi connectivity index (χ4v) is 5.10. The summed E-state index contributed by atoms with van der Waals surface area (Å²) in [6.45, 7) is 3.69. The standard InChI is InChI=1S/C24H21BrF3N3O.C5H3BrFN/c1-15-5-6-16(23(32)30-20-4-2-3-18(10-20)24(26,27)28)9-22(15)17-7-8-31(14-17)21-11-19(25)12-29-13-21;6-4-1-5(7)3-8-2-4/h2-6,9-13,17H,7-8,14H2,1H3,(H,30,32);1-3H. The van der Waals surface area contributed by atoms with Crippen molar-refractivity contribution in [2.24, 2.45) is 0 Å². The summed E-state index contributed by atoms with van der Waals surface area (Å²) in [6.07, 6.45) is 2.74. The lowest BCUT2D eigenvalue weighted by Gasteiger charge is -2.20. The predicted molar refractivity (Wildman–Crippen MR) is 154 cm³/mol. The number of aromatic nitrogens is 2. The molecule has 5 rings (SSSR count). The normalized spacial score (nSPS) is 14.9. The van der Waals surface area contributed by atoms with Gasteiger partial charge in [-0.25, -0.2) is 4.39 Å². The van der Waals surface area contributed by atoms with Crippen molar-refractivity contribution in [1.82, 2.24) is 9.97 Å². The number of halogens is 6. The van der Waals surface area contributed by atoms with Gasteiger partial charge in [-0.2, -0.15) is 13.2 Å². The third-order valence-corrected chi connectivity index (χ3v) is 7.21. The van der Waals surface area contributed by atoms with Crippen LogP contribution in [0, 0.1) is 12.7 Å². The van der Waals surface area contributed by atoms with Crippen LogP contribution in [0.15, 0.2) is 88.3 Å². The van der Waals surface area contributed by atoms with Gasteiger partial charge in [-0.15, -0.1) is 0 Å². The number of nitrogens with zero attached hydrogens (tertiary/aromatic N) is 3. The largest absolute Gasteiger partial charge is 0.416 e. The van der Waals surface area contributed by atoms with E-state index in [0.29, 0.717) is 10.0 Å². The van der Waals surface area contributed by atoms with Crippen molar-refractivity contribution in [2.75, 3.05) is 23.3 Å². The van der Waals surface area contributed by atoms with Crippen LogP contribution in [0.2, 0.25) is 0 Å². The van der Waals surface area contributed by atoms with Crippen molar-refractivity contribution >= 4 is 49.1 Å². The molecule has 0 aliphatic carbocycles. The smallest absolute Gasteiger partial charge is 0.370 e. The van der Waals surface area contributed by atoms with Crippen molar-refractivity contribution in [3.05, 3.63) is 116 Å². The zero-order chi connectivity index (χ0) is 28.9. The number of amides is 1. The lowest BCUT2D eigenvalue weighted by molar-refractivity contribution is -0.137. The molecular weight excluding hydrogens is 656 g/mol. The molecule has 1 atom stereocenters. The number of carbonyl (C=O) groups is 1. The Bertz CT molecular complexity index is 1480. The summed E-state index contributed by atoms with van der Waals surface area (Å²) < 4.78 is 52.5. The molecule has 1 aliphatic rings. The van der Waals surface area contributed by atoms with Crippen LogP contribution in [0.3, 0.4) is 0 Å². The summed E-state index contributed by atoms with van der Waals surface area (Å²) in [4.78, 5) is 22.8. The molecule has 1 saturated heterocycles. The number of alkyl halides is 3. The zero-order valence-electron chi connectivity index (χ0n) is 21.2. The molecule has 5 nitrogen and oxygen atoms in total. The average molecular weight is 680 g/mol. The average Bonchev–Trinajstić information content (AvgIpc) is 3.39. The monoisotopic (exact) mass is 678 g/mol. The molecule has 40 heavy (non-hydrogen) atoms. The van der Waals surface area contributed by atoms with Gasteiger partial charge in [0.25, 0.3) is 5.91 Å². The highest BCUT2D eigenvalue weighted by Gasteiger charge is 2.30. The summed E-state index contributed by atoms with van der Waals surface area (Å²) in [5.41, 5.74) is 2.93. The molecular formula is C29H24Br2F4N4O. The maximum absolute atomic E-state index is 13.0. The van der Waals surface area contributed by atoms with E-state index in [4.69, 9.17) is 0 Å². The van der Waals surface area contributed by atoms with E-state index in [1.54, 1.807) is 12.3 Å². The van der Waals surface area contributed by atoms with E-state index < -0.39 is 17.6 Å². The van der Waals surface area contributed by atoms with Crippen LogP contribution in [0.25, 0.3) is 0 Å². The first kappa shape index (κ1) is 29.7. The Kier molecular flexibility index (Phi) is 9.57. The van der Waals surface area contributed by atoms with Gasteiger partial charge in [-0.1, -0.05) is 12.1 Å². The summed E-state index contributed by atoms with van der Waals surface area (Å²) >= 11 is 6.51. The first-order chi connectivity index (χ1) is 19.0. The van der Waals surface area contributed by atoms with E-state index in [2.05, 4.69) is 52.0 Å². The van der Waals surface area contributed by atoms with Crippen LogP contribution in [0.4, 0.5) is 28.9 Å². The molecule has 208 valence electrons. The van der Waals surface area contributed by atoms with Gasteiger partial charge in [0.1, 0.15) is 5.82 Å². The third kappa shape index (κ3) is 7.88. The number of benzene rings is 2. The number of nitrogens with one attached hydrogen (secondary N) is 1. The Balaban J connectivity index is 0.000000398. The van der Waals surface area contributed by atoms with Crippen LogP contribution in [-0.4, -0.2) is 29.0 Å². The fourth-order valence-electron chi connectivity index (χ4n) is 4.41. The van der Waals surface area contributed by atoms with E-state index in [0.717, 1.165) is 59.1 Å². The van der Waals surface area contributed by atoms with E-state index >= 15 is 0 Å². The second-order valence-electron chi connectivity index (χ2n) is 9.22. The Labute approximate surface area is 245 Å². The van der Waals surface area contributed by atoms with Crippen molar-refractivity contribution in [3.63, 3.8) is 0 Å². The number of pyridine rings is 2. The molecule has 1 fully saturated rings. The zero-order valence-corrected chi connectivity index (χ0v) is 24.4. The second-order valence-corrected chi connectivity index (χ2v) is 11.0. The van der Waals surface area contributed by atoms with E-state index in [-0.39, 0.29) is 17.4 Å². The minimum Gasteiger partial charge on any atom is -0.370 e. The van der Waals surface area contributed by atoms with Crippen molar-refractivity contribution in [2.45, 2.75) is 25.4 Å². The second kappa shape index (κ2) is 12.9. The van der Waals surface area contributed by atoms with Crippen LogP contribution >= 0.6 is 31.9 Å². The van der Waals surface area contributed by atoms with Gasteiger partial charge in [0.2, 0.25) is 0 Å². The summed E-state index contributed by atoms with van der Waals surface area (Å²) in [5, 5.41) is 2.59. The van der Waals surface area contributed by atoms with Crippen molar-refractivity contribution < 1.29 is 22.4 Å². The molecule has 3 heterocycles. The lowest BCUT2D eigenvalue weighted by Crippen LogP contribution is -2.19. The molecule has 2 aromatic carbocycles. The summed E-state index contributed by atoms with van der Waals surface area (Å²) in [5.74, 6) is -0.508. The number of hydrogen-bond donors (Lipinski definition) is 1. The number of carbonyl (C=O) groups excluding carboxylic acids is 1. The van der Waals surface area contributed by atoms with Crippen LogP contribution in [-0.2, 0) is 6.18 Å². The molecule has 11 heteroatoms. The highest BCUT2D eigenvalue weighted by Crippen LogP contribution is 2.34. The molecule has 0 spiro atoms. The number of anilines is 2. The number of rotatable bonds is 4. The van der Waals surface area contributed by atoms with E-state index in [9.17, 15) is 22.4 Å².